The van der Waals surface area contributed by atoms with E-state index in [4.69, 9.17) is 5.73 Å². The lowest BCUT2D eigenvalue weighted by atomic mass is 9.92. The fraction of sp³-hybridized carbons (Fsp3) is 0.538. The van der Waals surface area contributed by atoms with Crippen LogP contribution in [0.3, 0.4) is 0 Å². The van der Waals surface area contributed by atoms with Crippen molar-refractivity contribution in [1.82, 2.24) is 10.3 Å². The van der Waals surface area contributed by atoms with E-state index < -0.39 is 0 Å². The zero-order valence-corrected chi connectivity index (χ0v) is 13.2. The number of carbonyl (C=O) groups excluding carboxylic acids is 1. The lowest BCUT2D eigenvalue weighted by molar-refractivity contribution is 0.0895. The lowest BCUT2D eigenvalue weighted by Crippen LogP contribution is -2.52. The number of aromatic nitrogens is 1. The maximum atomic E-state index is 12.0. The summed E-state index contributed by atoms with van der Waals surface area (Å²) in [7, 11) is 0. The van der Waals surface area contributed by atoms with E-state index in [1.807, 2.05) is 26.8 Å². The van der Waals surface area contributed by atoms with Crippen molar-refractivity contribution in [2.24, 2.45) is 5.73 Å². The van der Waals surface area contributed by atoms with Gasteiger partial charge in [0.05, 0.1) is 11.1 Å². The summed E-state index contributed by atoms with van der Waals surface area (Å²) in [6.45, 7) is 6.41. The lowest BCUT2D eigenvalue weighted by Gasteiger charge is -2.31. The molecule has 0 spiro atoms. The molecule has 19 heavy (non-hydrogen) atoms. The summed E-state index contributed by atoms with van der Waals surface area (Å²) < 4.78 is 0. The average Bonchev–Trinajstić information content (AvgIpc) is 2.37. The molecule has 0 bridgehead atoms. The minimum atomic E-state index is -0.304. The van der Waals surface area contributed by atoms with Crippen LogP contribution >= 0.6 is 24.8 Å². The van der Waals surface area contributed by atoms with Crippen LogP contribution in [0.1, 0.15) is 42.7 Å². The molecule has 0 atom stereocenters. The minimum absolute atomic E-state index is 0. The molecule has 0 saturated heterocycles. The van der Waals surface area contributed by atoms with Crippen LogP contribution < -0.4 is 11.1 Å². The van der Waals surface area contributed by atoms with Gasteiger partial charge in [-0.3, -0.25) is 9.78 Å². The van der Waals surface area contributed by atoms with Crippen molar-refractivity contribution in [3.05, 3.63) is 29.6 Å². The van der Waals surface area contributed by atoms with Crippen LogP contribution in [0.15, 0.2) is 18.3 Å². The number of rotatable bonds is 5. The van der Waals surface area contributed by atoms with Gasteiger partial charge in [-0.15, -0.1) is 24.8 Å². The quantitative estimate of drug-likeness (QED) is 0.878. The second-order valence-corrected chi connectivity index (χ2v) is 4.33. The predicted molar refractivity (Wildman–Crippen MR) is 83.3 cm³/mol. The molecule has 0 fully saturated rings. The third kappa shape index (κ3) is 5.35. The Labute approximate surface area is 127 Å². The number of halogens is 2. The summed E-state index contributed by atoms with van der Waals surface area (Å²) in [5.74, 6) is -0.105. The van der Waals surface area contributed by atoms with Crippen molar-refractivity contribution in [1.29, 1.82) is 0 Å². The molecule has 0 saturated carbocycles. The molecule has 4 nitrogen and oxygen atoms in total. The molecule has 1 heterocycles. The molecule has 110 valence electrons. The first-order valence-corrected chi connectivity index (χ1v) is 6.02. The molecule has 1 rings (SSSR count). The Balaban J connectivity index is 0. The second kappa shape index (κ2) is 9.13. The van der Waals surface area contributed by atoms with Crippen molar-refractivity contribution >= 4 is 30.7 Å². The molecule has 1 amide bonds. The first-order chi connectivity index (χ1) is 8.06. The minimum Gasteiger partial charge on any atom is -0.345 e. The van der Waals surface area contributed by atoms with Gasteiger partial charge in [0.15, 0.2) is 0 Å². The van der Waals surface area contributed by atoms with Gasteiger partial charge in [0.1, 0.15) is 0 Å². The molecule has 0 unspecified atom stereocenters. The number of pyridine rings is 1. The van der Waals surface area contributed by atoms with Crippen LogP contribution in [0, 0.1) is 6.92 Å². The van der Waals surface area contributed by atoms with Crippen molar-refractivity contribution in [3.63, 3.8) is 0 Å². The monoisotopic (exact) mass is 307 g/mol. The molecule has 1 aromatic heterocycles. The van der Waals surface area contributed by atoms with E-state index in [1.165, 1.54) is 0 Å². The summed E-state index contributed by atoms with van der Waals surface area (Å²) in [6, 6.07) is 3.61. The number of hydrogen-bond acceptors (Lipinski definition) is 3. The highest BCUT2D eigenvalue weighted by Gasteiger charge is 2.26. The number of hydrogen-bond donors (Lipinski definition) is 2. The third-order valence-corrected chi connectivity index (χ3v) is 3.30. The largest absolute Gasteiger partial charge is 0.345 e. The molecule has 1 aromatic rings. The molecule has 0 aliphatic carbocycles. The van der Waals surface area contributed by atoms with Gasteiger partial charge in [-0.1, -0.05) is 13.8 Å². The van der Waals surface area contributed by atoms with Gasteiger partial charge in [-0.05, 0) is 31.9 Å². The standard InChI is InChI=1S/C13H21N3O.2ClH/c1-4-13(5-2,9-14)16-12(17)11-7-6-10(3)15-8-11;;/h6-8H,4-5,9,14H2,1-3H3,(H,16,17);2*1H. The van der Waals surface area contributed by atoms with E-state index in [9.17, 15) is 4.79 Å². The smallest absolute Gasteiger partial charge is 0.253 e. The molecular weight excluding hydrogens is 285 g/mol. The van der Waals surface area contributed by atoms with Crippen molar-refractivity contribution in [2.75, 3.05) is 6.54 Å². The predicted octanol–water partition coefficient (Wildman–Crippen LogP) is 2.48. The maximum absolute atomic E-state index is 12.0. The number of nitrogens with zero attached hydrogens (tertiary/aromatic N) is 1. The Hall–Kier alpha value is -0.840. The van der Waals surface area contributed by atoms with Gasteiger partial charge in [-0.2, -0.15) is 0 Å². The van der Waals surface area contributed by atoms with Gasteiger partial charge in [0, 0.05) is 18.4 Å². The van der Waals surface area contributed by atoms with Crippen LogP contribution in [-0.2, 0) is 0 Å². The van der Waals surface area contributed by atoms with Crippen LogP contribution in [0.4, 0.5) is 0 Å². The number of nitrogens with one attached hydrogen (secondary N) is 1. The van der Waals surface area contributed by atoms with Gasteiger partial charge in [0.2, 0.25) is 0 Å². The Morgan fingerprint density at radius 3 is 2.26 bits per heavy atom. The van der Waals surface area contributed by atoms with Crippen LogP contribution in [0.5, 0.6) is 0 Å². The Bertz CT molecular complexity index is 370. The van der Waals surface area contributed by atoms with Gasteiger partial charge in [-0.25, -0.2) is 0 Å². The van der Waals surface area contributed by atoms with Crippen LogP contribution in [0.25, 0.3) is 0 Å². The first-order valence-electron chi connectivity index (χ1n) is 6.02. The summed E-state index contributed by atoms with van der Waals surface area (Å²) in [4.78, 5) is 16.2. The number of amides is 1. The van der Waals surface area contributed by atoms with E-state index in [0.717, 1.165) is 18.5 Å². The summed E-state index contributed by atoms with van der Waals surface area (Å²) in [5, 5.41) is 3.01. The topological polar surface area (TPSA) is 68.0 Å². The number of carbonyl (C=O) groups is 1. The Morgan fingerprint density at radius 2 is 1.89 bits per heavy atom. The summed E-state index contributed by atoms with van der Waals surface area (Å²) >= 11 is 0. The van der Waals surface area contributed by atoms with Gasteiger partial charge >= 0.3 is 0 Å². The van der Waals surface area contributed by atoms with Crippen molar-refractivity contribution in [3.8, 4) is 0 Å². The number of nitrogens with two attached hydrogens (primary N) is 1. The first kappa shape index (κ1) is 20.5. The van der Waals surface area contributed by atoms with Crippen molar-refractivity contribution < 1.29 is 4.79 Å². The summed E-state index contributed by atoms with van der Waals surface area (Å²) in [6.07, 6.45) is 3.24. The van der Waals surface area contributed by atoms with Gasteiger partial charge < -0.3 is 11.1 Å². The Kier molecular flexibility index (Phi) is 9.84. The van der Waals surface area contributed by atoms with E-state index in [1.54, 1.807) is 12.3 Å². The maximum Gasteiger partial charge on any atom is 0.253 e. The zero-order valence-electron chi connectivity index (χ0n) is 11.6. The molecule has 6 heteroatoms. The zero-order chi connectivity index (χ0) is 12.9. The fourth-order valence-corrected chi connectivity index (χ4v) is 1.68. The highest BCUT2D eigenvalue weighted by atomic mass is 35.5. The average molecular weight is 308 g/mol. The molecule has 0 radical (unpaired) electrons. The molecule has 0 aliphatic heterocycles. The van der Waals surface area contributed by atoms with E-state index in [2.05, 4.69) is 10.3 Å². The Morgan fingerprint density at radius 1 is 1.32 bits per heavy atom. The van der Waals surface area contributed by atoms with Crippen molar-refractivity contribution in [2.45, 2.75) is 39.2 Å². The van der Waals surface area contributed by atoms with Crippen LogP contribution in [0.2, 0.25) is 0 Å². The molecule has 0 aliphatic rings. The molecule has 0 aromatic carbocycles. The highest BCUT2D eigenvalue weighted by Crippen LogP contribution is 2.14. The van der Waals surface area contributed by atoms with E-state index >= 15 is 0 Å². The second-order valence-electron chi connectivity index (χ2n) is 4.33. The third-order valence-electron chi connectivity index (χ3n) is 3.30. The van der Waals surface area contributed by atoms with E-state index in [0.29, 0.717) is 12.1 Å². The summed E-state index contributed by atoms with van der Waals surface area (Å²) in [5.41, 5.74) is 6.92. The molecular formula is C13H23Cl2N3O. The normalized spacial score (nSPS) is 10.1. The van der Waals surface area contributed by atoms with Crippen LogP contribution in [-0.4, -0.2) is 23.0 Å². The van der Waals surface area contributed by atoms with Gasteiger partial charge in [0.25, 0.3) is 5.91 Å². The number of aryl methyl sites for hydroxylation is 1. The van der Waals surface area contributed by atoms with E-state index in [-0.39, 0.29) is 36.3 Å². The molecule has 3 N–H and O–H groups in total. The highest BCUT2D eigenvalue weighted by molar-refractivity contribution is 5.94. The fourth-order valence-electron chi connectivity index (χ4n) is 1.68. The SMILES string of the molecule is CCC(CC)(CN)NC(=O)c1ccc(C)nc1.Cl.Cl.